The Hall–Kier alpha value is -2.24. The van der Waals surface area contributed by atoms with Crippen LogP contribution < -0.4 is 5.32 Å². The second-order valence-corrected chi connectivity index (χ2v) is 3.58. The van der Waals surface area contributed by atoms with Crippen LogP contribution >= 0.6 is 0 Å². The zero-order chi connectivity index (χ0) is 12.3. The van der Waals surface area contributed by atoms with Crippen molar-refractivity contribution >= 4 is 11.7 Å². The van der Waals surface area contributed by atoms with Crippen LogP contribution in [-0.2, 0) is 6.42 Å². The number of aromatic nitrogens is 4. The molecule has 2 rings (SSSR count). The van der Waals surface area contributed by atoms with E-state index >= 15 is 0 Å². The highest BCUT2D eigenvalue weighted by Gasteiger charge is 2.12. The highest BCUT2D eigenvalue weighted by atomic mass is 16.2. The van der Waals surface area contributed by atoms with Crippen molar-refractivity contribution in [2.45, 2.75) is 20.3 Å². The molecule has 0 aromatic carbocycles. The zero-order valence-corrected chi connectivity index (χ0v) is 9.69. The lowest BCUT2D eigenvalue weighted by molar-refractivity contribution is 0.101. The van der Waals surface area contributed by atoms with Crippen LogP contribution in [0.25, 0.3) is 0 Å². The van der Waals surface area contributed by atoms with E-state index in [2.05, 4.69) is 25.5 Å². The molecular formula is C11H13N5O. The molecule has 0 unspecified atom stereocenters. The second-order valence-electron chi connectivity index (χ2n) is 3.58. The van der Waals surface area contributed by atoms with Gasteiger partial charge in [0, 0.05) is 12.1 Å². The van der Waals surface area contributed by atoms with E-state index in [1.54, 1.807) is 6.07 Å². The fourth-order valence-corrected chi connectivity index (χ4v) is 1.34. The first-order chi connectivity index (χ1) is 8.19. The van der Waals surface area contributed by atoms with Gasteiger partial charge in [-0.3, -0.25) is 9.89 Å². The standard InChI is InChI=1S/C11H13N5O/c1-3-8-13-10(16-15-8)11(17)14-9-6-4-5-7(2)12-9/h4-6H,3H2,1-2H3,(H,12,14,17)(H,13,15,16). The average molecular weight is 231 g/mol. The van der Waals surface area contributed by atoms with Gasteiger partial charge in [-0.15, -0.1) is 5.10 Å². The number of hydrogen-bond donors (Lipinski definition) is 2. The molecule has 0 aliphatic carbocycles. The molecule has 2 aromatic heterocycles. The normalized spacial score (nSPS) is 10.2. The molecule has 0 aliphatic rings. The second kappa shape index (κ2) is 4.73. The minimum absolute atomic E-state index is 0.130. The summed E-state index contributed by atoms with van der Waals surface area (Å²) in [5.41, 5.74) is 0.840. The number of H-pyrrole nitrogens is 1. The Labute approximate surface area is 98.5 Å². The Morgan fingerprint density at radius 3 is 2.88 bits per heavy atom. The SMILES string of the molecule is CCc1nc(C(=O)Nc2cccc(C)n2)n[nH]1. The van der Waals surface area contributed by atoms with E-state index in [4.69, 9.17) is 0 Å². The number of amides is 1. The number of anilines is 1. The summed E-state index contributed by atoms with van der Waals surface area (Å²) < 4.78 is 0. The first-order valence-electron chi connectivity index (χ1n) is 5.35. The van der Waals surface area contributed by atoms with Gasteiger partial charge in [-0.05, 0) is 19.1 Å². The van der Waals surface area contributed by atoms with Crippen LogP contribution in [-0.4, -0.2) is 26.1 Å². The zero-order valence-electron chi connectivity index (χ0n) is 9.69. The van der Waals surface area contributed by atoms with Crippen molar-refractivity contribution in [1.29, 1.82) is 0 Å². The van der Waals surface area contributed by atoms with E-state index < -0.39 is 0 Å². The van der Waals surface area contributed by atoms with E-state index in [0.717, 1.165) is 5.69 Å². The van der Waals surface area contributed by atoms with Crippen molar-refractivity contribution in [2.75, 3.05) is 5.32 Å². The number of pyridine rings is 1. The number of carbonyl (C=O) groups is 1. The van der Waals surface area contributed by atoms with E-state index in [-0.39, 0.29) is 11.7 Å². The molecule has 0 fully saturated rings. The number of nitrogens with zero attached hydrogens (tertiary/aromatic N) is 3. The van der Waals surface area contributed by atoms with E-state index in [0.29, 0.717) is 18.1 Å². The number of aromatic amines is 1. The summed E-state index contributed by atoms with van der Waals surface area (Å²) >= 11 is 0. The van der Waals surface area contributed by atoms with E-state index in [1.807, 2.05) is 26.0 Å². The minimum Gasteiger partial charge on any atom is -0.304 e. The average Bonchev–Trinajstić information content (AvgIpc) is 2.77. The maximum atomic E-state index is 11.8. The van der Waals surface area contributed by atoms with Crippen LogP contribution in [0.15, 0.2) is 18.2 Å². The fourth-order valence-electron chi connectivity index (χ4n) is 1.34. The smallest absolute Gasteiger partial charge is 0.296 e. The summed E-state index contributed by atoms with van der Waals surface area (Å²) in [6.07, 6.45) is 0.711. The van der Waals surface area contributed by atoms with Gasteiger partial charge in [0.25, 0.3) is 5.91 Å². The summed E-state index contributed by atoms with van der Waals surface area (Å²) in [6, 6.07) is 5.41. The number of rotatable bonds is 3. The molecule has 88 valence electrons. The fraction of sp³-hybridized carbons (Fsp3) is 0.273. The molecule has 0 saturated heterocycles. The van der Waals surface area contributed by atoms with Gasteiger partial charge in [-0.25, -0.2) is 9.97 Å². The number of nitrogens with one attached hydrogen (secondary N) is 2. The largest absolute Gasteiger partial charge is 0.304 e. The number of aryl methyl sites for hydroxylation is 2. The topological polar surface area (TPSA) is 83.6 Å². The predicted octanol–water partition coefficient (Wildman–Crippen LogP) is 1.32. The lowest BCUT2D eigenvalue weighted by Crippen LogP contribution is -2.14. The van der Waals surface area contributed by atoms with Gasteiger partial charge in [-0.2, -0.15) is 0 Å². The highest BCUT2D eigenvalue weighted by Crippen LogP contribution is 2.05. The minimum atomic E-state index is -0.362. The molecule has 17 heavy (non-hydrogen) atoms. The third-order valence-corrected chi connectivity index (χ3v) is 2.20. The monoisotopic (exact) mass is 231 g/mol. The molecule has 0 bridgehead atoms. The van der Waals surface area contributed by atoms with Gasteiger partial charge in [0.2, 0.25) is 5.82 Å². The lowest BCUT2D eigenvalue weighted by atomic mass is 10.3. The van der Waals surface area contributed by atoms with Gasteiger partial charge < -0.3 is 5.32 Å². The summed E-state index contributed by atoms with van der Waals surface area (Å²) in [7, 11) is 0. The molecule has 2 heterocycles. The lowest BCUT2D eigenvalue weighted by Gasteiger charge is -2.01. The van der Waals surface area contributed by atoms with Crippen LogP contribution in [0, 0.1) is 6.92 Å². The predicted molar refractivity (Wildman–Crippen MR) is 62.7 cm³/mol. The third-order valence-electron chi connectivity index (χ3n) is 2.20. The summed E-state index contributed by atoms with van der Waals surface area (Å²) in [4.78, 5) is 20.0. The molecule has 0 radical (unpaired) electrons. The van der Waals surface area contributed by atoms with Gasteiger partial charge in [0.15, 0.2) is 0 Å². The quantitative estimate of drug-likeness (QED) is 0.834. The Morgan fingerprint density at radius 2 is 2.24 bits per heavy atom. The first-order valence-corrected chi connectivity index (χ1v) is 5.35. The van der Waals surface area contributed by atoms with Gasteiger partial charge >= 0.3 is 0 Å². The Morgan fingerprint density at radius 1 is 1.41 bits per heavy atom. The molecule has 2 aromatic rings. The van der Waals surface area contributed by atoms with Crippen LogP contribution in [0.4, 0.5) is 5.82 Å². The molecule has 0 aliphatic heterocycles. The maximum Gasteiger partial charge on any atom is 0.296 e. The van der Waals surface area contributed by atoms with Crippen LogP contribution in [0.3, 0.4) is 0 Å². The van der Waals surface area contributed by atoms with Gasteiger partial charge in [0.1, 0.15) is 11.6 Å². The van der Waals surface area contributed by atoms with Gasteiger partial charge in [-0.1, -0.05) is 13.0 Å². The summed E-state index contributed by atoms with van der Waals surface area (Å²) in [5.74, 6) is 0.953. The van der Waals surface area contributed by atoms with Crippen LogP contribution in [0.1, 0.15) is 29.1 Å². The highest BCUT2D eigenvalue weighted by molar-refractivity contribution is 6.00. The molecular weight excluding hydrogens is 218 g/mol. The van der Waals surface area contributed by atoms with Crippen molar-refractivity contribution in [3.8, 4) is 0 Å². The Bertz CT molecular complexity index is 534. The Balaban J connectivity index is 2.11. The summed E-state index contributed by atoms with van der Waals surface area (Å²) in [5, 5.41) is 9.16. The van der Waals surface area contributed by atoms with E-state index in [9.17, 15) is 4.79 Å². The van der Waals surface area contributed by atoms with E-state index in [1.165, 1.54) is 0 Å². The number of carbonyl (C=O) groups excluding carboxylic acids is 1. The van der Waals surface area contributed by atoms with Crippen molar-refractivity contribution in [3.63, 3.8) is 0 Å². The molecule has 6 heteroatoms. The first kappa shape index (κ1) is 11.3. The molecule has 0 spiro atoms. The van der Waals surface area contributed by atoms with Crippen LogP contribution in [0.5, 0.6) is 0 Å². The molecule has 0 atom stereocenters. The van der Waals surface area contributed by atoms with Gasteiger partial charge in [0.05, 0.1) is 0 Å². The molecule has 1 amide bonds. The Kier molecular flexibility index (Phi) is 3.13. The van der Waals surface area contributed by atoms with Crippen LogP contribution in [0.2, 0.25) is 0 Å². The van der Waals surface area contributed by atoms with Crippen molar-refractivity contribution in [1.82, 2.24) is 20.2 Å². The third kappa shape index (κ3) is 2.66. The maximum absolute atomic E-state index is 11.8. The molecule has 0 saturated carbocycles. The number of hydrogen-bond acceptors (Lipinski definition) is 4. The van der Waals surface area contributed by atoms with Crippen molar-refractivity contribution in [3.05, 3.63) is 35.5 Å². The van der Waals surface area contributed by atoms with Crippen molar-refractivity contribution in [2.24, 2.45) is 0 Å². The molecule has 2 N–H and O–H groups in total. The summed E-state index contributed by atoms with van der Waals surface area (Å²) in [6.45, 7) is 3.79. The van der Waals surface area contributed by atoms with Crippen molar-refractivity contribution < 1.29 is 4.79 Å². The molecule has 6 nitrogen and oxygen atoms in total.